The minimum atomic E-state index is -4.58. The number of hydrogen-bond donors (Lipinski definition) is 2. The van der Waals surface area contributed by atoms with E-state index in [1.54, 1.807) is 6.92 Å². The van der Waals surface area contributed by atoms with Gasteiger partial charge >= 0.3 is 6.18 Å². The highest BCUT2D eigenvalue weighted by atomic mass is 32.1. The zero-order chi connectivity index (χ0) is 25.8. The van der Waals surface area contributed by atoms with Crippen molar-refractivity contribution in [2.75, 3.05) is 24.3 Å². The molecular formula is C24H26F3N5O2S. The highest BCUT2D eigenvalue weighted by Gasteiger charge is 2.32. The number of carbonyl (C=O) groups excluding carboxylic acids is 2. The van der Waals surface area contributed by atoms with Gasteiger partial charge in [-0.1, -0.05) is 37.7 Å². The molecule has 0 aliphatic rings. The summed E-state index contributed by atoms with van der Waals surface area (Å²) in [6.07, 6.45) is -4.02. The predicted octanol–water partition coefficient (Wildman–Crippen LogP) is 5.07. The van der Waals surface area contributed by atoms with E-state index in [1.165, 1.54) is 17.4 Å². The topological polar surface area (TPSA) is 87.2 Å². The van der Waals surface area contributed by atoms with Crippen LogP contribution in [0.4, 0.5) is 24.0 Å². The highest BCUT2D eigenvalue weighted by Crippen LogP contribution is 2.30. The third-order valence-corrected chi connectivity index (χ3v) is 6.41. The van der Waals surface area contributed by atoms with E-state index in [0.29, 0.717) is 11.4 Å². The fraction of sp³-hybridized carbons (Fsp3) is 0.333. The Morgan fingerprint density at radius 1 is 1.09 bits per heavy atom. The maximum atomic E-state index is 13.0. The molecule has 0 radical (unpaired) electrons. The van der Waals surface area contributed by atoms with Gasteiger partial charge in [0.1, 0.15) is 11.0 Å². The van der Waals surface area contributed by atoms with Gasteiger partial charge in [-0.15, -0.1) is 10.2 Å². The zero-order valence-electron chi connectivity index (χ0n) is 19.7. The van der Waals surface area contributed by atoms with Crippen LogP contribution in [0.3, 0.4) is 0 Å². The van der Waals surface area contributed by atoms with E-state index in [1.807, 2.05) is 50.2 Å². The van der Waals surface area contributed by atoms with Crippen LogP contribution < -0.4 is 15.5 Å². The van der Waals surface area contributed by atoms with Crippen LogP contribution in [-0.2, 0) is 11.0 Å². The van der Waals surface area contributed by atoms with Gasteiger partial charge < -0.3 is 10.2 Å². The lowest BCUT2D eigenvalue weighted by atomic mass is 9.97. The first-order chi connectivity index (χ1) is 16.5. The minimum absolute atomic E-state index is 0.180. The molecule has 0 fully saturated rings. The molecule has 0 aliphatic heterocycles. The van der Waals surface area contributed by atoms with Crippen molar-refractivity contribution in [1.29, 1.82) is 0 Å². The molecule has 0 saturated carbocycles. The first-order valence-corrected chi connectivity index (χ1v) is 11.7. The van der Waals surface area contributed by atoms with Crippen LogP contribution >= 0.6 is 11.3 Å². The van der Waals surface area contributed by atoms with Crippen LogP contribution in [0.2, 0.25) is 0 Å². The van der Waals surface area contributed by atoms with Gasteiger partial charge in [-0.25, -0.2) is 0 Å². The summed E-state index contributed by atoms with van der Waals surface area (Å²) < 4.78 is 39.1. The monoisotopic (exact) mass is 505 g/mol. The van der Waals surface area contributed by atoms with Crippen LogP contribution in [0.25, 0.3) is 10.6 Å². The van der Waals surface area contributed by atoms with Gasteiger partial charge in [0, 0.05) is 30.9 Å². The largest absolute Gasteiger partial charge is 0.416 e. The number of aromatic nitrogens is 2. The van der Waals surface area contributed by atoms with Gasteiger partial charge in [-0.2, -0.15) is 13.2 Å². The molecule has 2 aromatic carbocycles. The maximum absolute atomic E-state index is 13.0. The van der Waals surface area contributed by atoms with Crippen molar-refractivity contribution in [1.82, 2.24) is 15.5 Å². The van der Waals surface area contributed by atoms with E-state index < -0.39 is 29.6 Å². The summed E-state index contributed by atoms with van der Waals surface area (Å²) in [6.45, 7) is 3.62. The first-order valence-electron chi connectivity index (χ1n) is 10.9. The smallest absolute Gasteiger partial charge is 0.378 e. The van der Waals surface area contributed by atoms with E-state index in [2.05, 4.69) is 20.8 Å². The van der Waals surface area contributed by atoms with Crippen molar-refractivity contribution in [3.63, 3.8) is 0 Å². The summed E-state index contributed by atoms with van der Waals surface area (Å²) in [4.78, 5) is 27.7. The van der Waals surface area contributed by atoms with Crippen LogP contribution in [0.5, 0.6) is 0 Å². The zero-order valence-corrected chi connectivity index (χ0v) is 20.5. The fourth-order valence-electron chi connectivity index (χ4n) is 3.24. The third-order valence-electron chi connectivity index (χ3n) is 5.52. The van der Waals surface area contributed by atoms with Gasteiger partial charge in [0.2, 0.25) is 11.0 Å². The van der Waals surface area contributed by atoms with E-state index in [9.17, 15) is 22.8 Å². The Balaban J connectivity index is 1.73. The lowest BCUT2D eigenvalue weighted by Crippen LogP contribution is -2.47. The van der Waals surface area contributed by atoms with E-state index in [-0.39, 0.29) is 16.6 Å². The molecule has 3 aromatic rings. The minimum Gasteiger partial charge on any atom is -0.378 e. The molecule has 7 nitrogen and oxygen atoms in total. The number of halogens is 3. The molecule has 2 N–H and O–H groups in total. The van der Waals surface area contributed by atoms with Gasteiger partial charge in [-0.3, -0.25) is 14.9 Å². The molecule has 2 atom stereocenters. The van der Waals surface area contributed by atoms with Crippen LogP contribution in [-0.4, -0.2) is 42.1 Å². The fourth-order valence-corrected chi connectivity index (χ4v) is 3.99. The predicted molar refractivity (Wildman–Crippen MR) is 130 cm³/mol. The van der Waals surface area contributed by atoms with E-state index in [4.69, 9.17) is 0 Å². The molecule has 0 saturated heterocycles. The summed E-state index contributed by atoms with van der Waals surface area (Å²) in [5, 5.41) is 14.3. The number of nitrogens with zero attached hydrogens (tertiary/aromatic N) is 3. The molecule has 35 heavy (non-hydrogen) atoms. The van der Waals surface area contributed by atoms with Crippen LogP contribution in [0.1, 0.15) is 36.2 Å². The lowest BCUT2D eigenvalue weighted by Gasteiger charge is -2.23. The Morgan fingerprint density at radius 3 is 2.37 bits per heavy atom. The summed E-state index contributed by atoms with van der Waals surface area (Å²) in [7, 11) is 3.88. The molecule has 0 bridgehead atoms. The molecular weight excluding hydrogens is 479 g/mol. The molecule has 2 amide bonds. The van der Waals surface area contributed by atoms with Gasteiger partial charge in [0.05, 0.1) is 5.56 Å². The standard InChI is InChI=1S/C24H26F3N5O2S/c1-5-14(2)19(28-20(33)16-7-6-8-17(13-16)24(25,26)27)21(34)29-23-31-30-22(35-23)15-9-11-18(12-10-15)32(3)4/h6-14,19H,5H2,1-4H3,(H,28,33)(H,29,31,34). The number of anilines is 2. The van der Waals surface area contributed by atoms with Crippen molar-refractivity contribution in [2.24, 2.45) is 5.92 Å². The Kier molecular flexibility index (Phi) is 8.11. The summed E-state index contributed by atoms with van der Waals surface area (Å²) in [6, 6.07) is 10.8. The molecule has 1 heterocycles. The lowest BCUT2D eigenvalue weighted by molar-refractivity contribution is -0.137. The molecule has 2 unspecified atom stereocenters. The molecule has 1 aromatic heterocycles. The second kappa shape index (κ2) is 10.9. The van der Waals surface area contributed by atoms with E-state index >= 15 is 0 Å². The second-order valence-corrected chi connectivity index (χ2v) is 9.24. The number of rotatable bonds is 8. The number of alkyl halides is 3. The van der Waals surface area contributed by atoms with Gasteiger partial charge in [-0.05, 0) is 48.4 Å². The molecule has 0 spiro atoms. The van der Waals surface area contributed by atoms with Gasteiger partial charge in [0.25, 0.3) is 5.91 Å². The number of hydrogen-bond acceptors (Lipinski definition) is 6. The Hall–Kier alpha value is -3.47. The number of amides is 2. The molecule has 11 heteroatoms. The van der Waals surface area contributed by atoms with Crippen molar-refractivity contribution in [3.8, 4) is 10.6 Å². The summed E-state index contributed by atoms with van der Waals surface area (Å²) in [5.41, 5.74) is 0.750. The molecule has 3 rings (SSSR count). The van der Waals surface area contributed by atoms with Crippen molar-refractivity contribution in [3.05, 3.63) is 59.7 Å². The average Bonchev–Trinajstić information content (AvgIpc) is 3.29. The number of benzene rings is 2. The Labute approximate surface area is 205 Å². The average molecular weight is 506 g/mol. The Morgan fingerprint density at radius 2 is 1.77 bits per heavy atom. The van der Waals surface area contributed by atoms with Crippen molar-refractivity contribution >= 4 is 34.0 Å². The summed E-state index contributed by atoms with van der Waals surface area (Å²) in [5.74, 6) is -1.57. The Bertz CT molecular complexity index is 1180. The third kappa shape index (κ3) is 6.56. The van der Waals surface area contributed by atoms with Crippen LogP contribution in [0, 0.1) is 5.92 Å². The SMILES string of the molecule is CCC(C)C(NC(=O)c1cccc(C(F)(F)F)c1)C(=O)Nc1nnc(-c2ccc(N(C)C)cc2)s1. The van der Waals surface area contributed by atoms with Crippen LogP contribution in [0.15, 0.2) is 48.5 Å². The van der Waals surface area contributed by atoms with Crippen molar-refractivity contribution in [2.45, 2.75) is 32.5 Å². The maximum Gasteiger partial charge on any atom is 0.416 e. The first kappa shape index (κ1) is 26.1. The van der Waals surface area contributed by atoms with E-state index in [0.717, 1.165) is 29.4 Å². The molecule has 186 valence electrons. The highest BCUT2D eigenvalue weighted by molar-refractivity contribution is 7.18. The quantitative estimate of drug-likeness (QED) is 0.446. The summed E-state index contributed by atoms with van der Waals surface area (Å²) >= 11 is 1.18. The van der Waals surface area contributed by atoms with Crippen molar-refractivity contribution < 1.29 is 22.8 Å². The van der Waals surface area contributed by atoms with Gasteiger partial charge in [0.15, 0.2) is 0 Å². The number of carbonyl (C=O) groups is 2. The number of nitrogens with one attached hydrogen (secondary N) is 2. The second-order valence-electron chi connectivity index (χ2n) is 8.26. The molecule has 0 aliphatic carbocycles. The normalized spacial score (nSPS) is 13.1.